The van der Waals surface area contributed by atoms with Crippen LogP contribution < -0.4 is 9.47 Å². The van der Waals surface area contributed by atoms with E-state index < -0.39 is 6.36 Å². The minimum absolute atomic E-state index is 0.206. The van der Waals surface area contributed by atoms with Crippen LogP contribution in [-0.4, -0.2) is 53.6 Å². The summed E-state index contributed by atoms with van der Waals surface area (Å²) < 4.78 is 51.9. The average molecular weight is 369 g/mol. The summed E-state index contributed by atoms with van der Waals surface area (Å²) in [6.07, 6.45) is -0.241. The van der Waals surface area contributed by atoms with Crippen molar-refractivity contribution in [2.45, 2.75) is 19.0 Å². The predicted octanol–water partition coefficient (Wildman–Crippen LogP) is 2.66. The first kappa shape index (κ1) is 18.4. The van der Waals surface area contributed by atoms with Crippen molar-refractivity contribution in [2.24, 2.45) is 0 Å². The predicted molar refractivity (Wildman–Crippen MR) is 85.7 cm³/mol. The molecule has 0 N–H and O–H groups in total. The highest BCUT2D eigenvalue weighted by atomic mass is 19.4. The first-order valence-corrected chi connectivity index (χ1v) is 8.05. The zero-order valence-corrected chi connectivity index (χ0v) is 13.9. The van der Waals surface area contributed by atoms with Crippen molar-refractivity contribution in [1.82, 2.24) is 14.9 Å². The molecular weight excluding hydrogens is 351 g/mol. The maximum absolute atomic E-state index is 12.2. The van der Waals surface area contributed by atoms with Gasteiger partial charge in [0.1, 0.15) is 11.9 Å². The molecule has 6 nitrogen and oxygen atoms in total. The third-order valence-electron chi connectivity index (χ3n) is 3.71. The molecule has 3 rings (SSSR count). The van der Waals surface area contributed by atoms with Crippen LogP contribution >= 0.6 is 0 Å². The van der Waals surface area contributed by atoms with Crippen LogP contribution in [0.1, 0.15) is 5.56 Å². The van der Waals surface area contributed by atoms with E-state index in [1.807, 2.05) is 0 Å². The topological polar surface area (TPSA) is 56.7 Å². The molecule has 1 aromatic heterocycles. The highest BCUT2D eigenvalue weighted by molar-refractivity contribution is 5.27. The number of aromatic nitrogens is 2. The summed E-state index contributed by atoms with van der Waals surface area (Å²) in [5.41, 5.74) is 0.875. The number of ether oxygens (including phenoxy) is 3. The van der Waals surface area contributed by atoms with Crippen LogP contribution in [0.3, 0.4) is 0 Å². The first-order valence-electron chi connectivity index (χ1n) is 8.05. The van der Waals surface area contributed by atoms with E-state index in [0.717, 1.165) is 5.56 Å². The van der Waals surface area contributed by atoms with Gasteiger partial charge in [-0.05, 0) is 17.7 Å². The van der Waals surface area contributed by atoms with Gasteiger partial charge < -0.3 is 14.2 Å². The molecule has 1 saturated heterocycles. The van der Waals surface area contributed by atoms with Gasteiger partial charge in [0.05, 0.1) is 19.4 Å². The zero-order chi connectivity index (χ0) is 18.4. The van der Waals surface area contributed by atoms with Gasteiger partial charge >= 0.3 is 6.36 Å². The Morgan fingerprint density at radius 2 is 2.00 bits per heavy atom. The number of hydrogen-bond acceptors (Lipinski definition) is 6. The lowest BCUT2D eigenvalue weighted by atomic mass is 10.2. The lowest BCUT2D eigenvalue weighted by Crippen LogP contribution is -2.35. The Balaban J connectivity index is 1.57. The molecule has 1 aromatic carbocycles. The molecule has 0 bridgehead atoms. The molecule has 2 heterocycles. The molecule has 140 valence electrons. The SMILES string of the molecule is FC(F)(F)Oc1ccc(CN2CCOCC(Oc3cnccn3)C2)cc1. The van der Waals surface area contributed by atoms with E-state index in [1.165, 1.54) is 18.3 Å². The fourth-order valence-electron chi connectivity index (χ4n) is 2.63. The van der Waals surface area contributed by atoms with Gasteiger partial charge in [0, 0.05) is 32.0 Å². The Bertz CT molecular complexity index is 683. The molecule has 1 aliphatic heterocycles. The molecule has 1 fully saturated rings. The summed E-state index contributed by atoms with van der Waals surface area (Å²) in [4.78, 5) is 10.2. The molecule has 1 unspecified atom stereocenters. The summed E-state index contributed by atoms with van der Waals surface area (Å²) in [6, 6.07) is 5.85. The minimum Gasteiger partial charge on any atom is -0.469 e. The Morgan fingerprint density at radius 3 is 2.69 bits per heavy atom. The van der Waals surface area contributed by atoms with Crippen LogP contribution in [0.25, 0.3) is 0 Å². The summed E-state index contributed by atoms with van der Waals surface area (Å²) in [6.45, 7) is 2.86. The smallest absolute Gasteiger partial charge is 0.469 e. The number of alkyl halides is 3. The van der Waals surface area contributed by atoms with E-state index in [4.69, 9.17) is 9.47 Å². The van der Waals surface area contributed by atoms with E-state index in [-0.39, 0.29) is 11.9 Å². The number of halogens is 3. The van der Waals surface area contributed by atoms with Crippen LogP contribution in [0, 0.1) is 0 Å². The van der Waals surface area contributed by atoms with Gasteiger partial charge in [0.25, 0.3) is 0 Å². The second-order valence-electron chi connectivity index (χ2n) is 5.79. The molecule has 2 aromatic rings. The standard InChI is InChI=1S/C17H18F3N3O3/c18-17(19,20)26-14-3-1-13(2-4-14)10-23-7-8-24-12-15(11-23)25-16-9-21-5-6-22-16/h1-6,9,15H,7-8,10-12H2. The summed E-state index contributed by atoms with van der Waals surface area (Å²) in [5, 5.41) is 0. The molecule has 0 radical (unpaired) electrons. The van der Waals surface area contributed by atoms with E-state index in [2.05, 4.69) is 19.6 Å². The lowest BCUT2D eigenvalue weighted by Gasteiger charge is -2.23. The second kappa shape index (κ2) is 8.33. The third kappa shape index (κ3) is 5.85. The lowest BCUT2D eigenvalue weighted by molar-refractivity contribution is -0.274. The summed E-state index contributed by atoms with van der Waals surface area (Å²) in [7, 11) is 0. The molecular formula is C17H18F3N3O3. The summed E-state index contributed by atoms with van der Waals surface area (Å²) in [5.74, 6) is 0.195. The van der Waals surface area contributed by atoms with Crippen molar-refractivity contribution < 1.29 is 27.4 Å². The quantitative estimate of drug-likeness (QED) is 0.808. The van der Waals surface area contributed by atoms with Gasteiger partial charge in [-0.1, -0.05) is 12.1 Å². The van der Waals surface area contributed by atoms with Crippen molar-refractivity contribution in [3.8, 4) is 11.6 Å². The first-order chi connectivity index (χ1) is 12.5. The summed E-state index contributed by atoms with van der Waals surface area (Å²) >= 11 is 0. The van der Waals surface area contributed by atoms with Crippen LogP contribution in [0.5, 0.6) is 11.6 Å². The third-order valence-corrected chi connectivity index (χ3v) is 3.71. The second-order valence-corrected chi connectivity index (χ2v) is 5.79. The number of hydrogen-bond donors (Lipinski definition) is 0. The molecule has 1 aliphatic rings. The van der Waals surface area contributed by atoms with Gasteiger partial charge in [-0.2, -0.15) is 0 Å². The zero-order valence-electron chi connectivity index (χ0n) is 13.9. The van der Waals surface area contributed by atoms with Crippen molar-refractivity contribution in [3.63, 3.8) is 0 Å². The van der Waals surface area contributed by atoms with Gasteiger partial charge in [0.15, 0.2) is 0 Å². The molecule has 1 atom stereocenters. The van der Waals surface area contributed by atoms with Gasteiger partial charge in [0.2, 0.25) is 5.88 Å². The Hall–Kier alpha value is -2.39. The molecule has 9 heteroatoms. The minimum atomic E-state index is -4.69. The molecule has 0 saturated carbocycles. The maximum Gasteiger partial charge on any atom is 0.573 e. The van der Waals surface area contributed by atoms with Crippen molar-refractivity contribution in [3.05, 3.63) is 48.4 Å². The van der Waals surface area contributed by atoms with Gasteiger partial charge in [-0.3, -0.25) is 9.88 Å². The van der Waals surface area contributed by atoms with E-state index in [0.29, 0.717) is 38.7 Å². The Kier molecular flexibility index (Phi) is 5.89. The van der Waals surface area contributed by atoms with Gasteiger partial charge in [-0.15, -0.1) is 13.2 Å². The fourth-order valence-corrected chi connectivity index (χ4v) is 2.63. The van der Waals surface area contributed by atoms with Crippen molar-refractivity contribution in [2.75, 3.05) is 26.3 Å². The van der Waals surface area contributed by atoms with Crippen LogP contribution in [0.4, 0.5) is 13.2 Å². The number of nitrogens with zero attached hydrogens (tertiary/aromatic N) is 3. The van der Waals surface area contributed by atoms with E-state index >= 15 is 0 Å². The fraction of sp³-hybridized carbons (Fsp3) is 0.412. The molecule has 26 heavy (non-hydrogen) atoms. The highest BCUT2D eigenvalue weighted by Gasteiger charge is 2.31. The molecule has 0 aliphatic carbocycles. The van der Waals surface area contributed by atoms with Crippen molar-refractivity contribution in [1.29, 1.82) is 0 Å². The number of benzene rings is 1. The normalized spacial score (nSPS) is 19.0. The Labute approximate surface area is 148 Å². The van der Waals surface area contributed by atoms with Crippen molar-refractivity contribution >= 4 is 0 Å². The van der Waals surface area contributed by atoms with Crippen LogP contribution in [0.2, 0.25) is 0 Å². The largest absolute Gasteiger partial charge is 0.573 e. The maximum atomic E-state index is 12.2. The average Bonchev–Trinajstić information content (AvgIpc) is 2.81. The van der Waals surface area contributed by atoms with E-state index in [9.17, 15) is 13.2 Å². The van der Waals surface area contributed by atoms with E-state index in [1.54, 1.807) is 24.5 Å². The van der Waals surface area contributed by atoms with Crippen LogP contribution in [-0.2, 0) is 11.3 Å². The molecule has 0 spiro atoms. The van der Waals surface area contributed by atoms with Gasteiger partial charge in [-0.25, -0.2) is 4.98 Å². The van der Waals surface area contributed by atoms with Crippen LogP contribution in [0.15, 0.2) is 42.9 Å². The highest BCUT2D eigenvalue weighted by Crippen LogP contribution is 2.23. The Morgan fingerprint density at radius 1 is 1.19 bits per heavy atom. The molecule has 0 amide bonds. The number of rotatable bonds is 5. The monoisotopic (exact) mass is 369 g/mol.